The summed E-state index contributed by atoms with van der Waals surface area (Å²) in [6, 6.07) is 3.49. The summed E-state index contributed by atoms with van der Waals surface area (Å²) in [6.45, 7) is 0.974. The first-order chi connectivity index (χ1) is 13.0. The lowest BCUT2D eigenvalue weighted by Crippen LogP contribution is -2.37. The van der Waals surface area contributed by atoms with E-state index in [1.807, 2.05) is 0 Å². The van der Waals surface area contributed by atoms with Crippen molar-refractivity contribution in [3.63, 3.8) is 0 Å². The minimum Gasteiger partial charge on any atom is -0.372 e. The third-order valence-corrected chi connectivity index (χ3v) is 5.95. The average molecular weight is 385 g/mol. The maximum Gasteiger partial charge on any atom is 0.257 e. The molecule has 8 nitrogen and oxygen atoms in total. The molecule has 0 aliphatic carbocycles. The van der Waals surface area contributed by atoms with Crippen LogP contribution in [0.15, 0.2) is 18.3 Å². The molecule has 0 radical (unpaired) electrons. The van der Waals surface area contributed by atoms with E-state index in [9.17, 15) is 14.4 Å². The highest BCUT2D eigenvalue weighted by Crippen LogP contribution is 2.39. The molecule has 9 heteroatoms. The zero-order valence-electron chi connectivity index (χ0n) is 15.0. The first-order valence-corrected chi connectivity index (χ1v) is 9.43. The van der Waals surface area contributed by atoms with E-state index >= 15 is 0 Å². The Bertz CT molecular complexity index is 954. The molecule has 2 aromatic heterocycles. The summed E-state index contributed by atoms with van der Waals surface area (Å²) in [5, 5.41) is 6.36. The highest BCUT2D eigenvalue weighted by molar-refractivity contribution is 7.17. The fourth-order valence-corrected chi connectivity index (χ4v) is 4.75. The van der Waals surface area contributed by atoms with Gasteiger partial charge in [-0.15, -0.1) is 11.3 Å². The zero-order valence-corrected chi connectivity index (χ0v) is 15.9. The van der Waals surface area contributed by atoms with Gasteiger partial charge in [0.15, 0.2) is 0 Å². The molecule has 27 heavy (non-hydrogen) atoms. The predicted octanol–water partition coefficient (Wildman–Crippen LogP) is 1.41. The molecule has 0 unspecified atom stereocenters. The summed E-state index contributed by atoms with van der Waals surface area (Å²) in [7, 11) is 3.36. The molecule has 0 saturated carbocycles. The molecule has 0 aromatic carbocycles. The topological polar surface area (TPSA) is 94.6 Å². The maximum absolute atomic E-state index is 13.0. The van der Waals surface area contributed by atoms with Crippen molar-refractivity contribution in [3.05, 3.63) is 39.9 Å². The molecule has 0 bridgehead atoms. The van der Waals surface area contributed by atoms with Crippen LogP contribution in [0.25, 0.3) is 0 Å². The molecule has 4 heterocycles. The number of carbonyl (C=O) groups is 3. The molecule has 2 aliphatic rings. The predicted molar refractivity (Wildman–Crippen MR) is 102 cm³/mol. The lowest BCUT2D eigenvalue weighted by molar-refractivity contribution is -0.116. The SMILES string of the molecule is CNc1ncccc1C(=O)N1CCc2c(sc3c2C(=O)N(C)CC(=O)N3)C1. The Morgan fingerprint density at radius 1 is 1.33 bits per heavy atom. The van der Waals surface area contributed by atoms with Gasteiger partial charge in [0, 0.05) is 31.7 Å². The van der Waals surface area contributed by atoms with Crippen LogP contribution in [-0.4, -0.2) is 59.7 Å². The molecule has 3 amide bonds. The number of hydrogen-bond acceptors (Lipinski definition) is 6. The third-order valence-electron chi connectivity index (χ3n) is 4.81. The summed E-state index contributed by atoms with van der Waals surface area (Å²) >= 11 is 1.38. The van der Waals surface area contributed by atoms with Crippen LogP contribution >= 0.6 is 11.3 Å². The second kappa shape index (κ2) is 6.66. The van der Waals surface area contributed by atoms with Gasteiger partial charge in [-0.1, -0.05) is 0 Å². The van der Waals surface area contributed by atoms with E-state index in [0.29, 0.717) is 41.5 Å². The van der Waals surface area contributed by atoms with Gasteiger partial charge in [-0.05, 0) is 24.1 Å². The van der Waals surface area contributed by atoms with E-state index in [-0.39, 0.29) is 24.3 Å². The van der Waals surface area contributed by atoms with Crippen molar-refractivity contribution < 1.29 is 14.4 Å². The second-order valence-corrected chi connectivity index (χ2v) is 7.65. The van der Waals surface area contributed by atoms with Crippen LogP contribution in [0, 0.1) is 0 Å². The van der Waals surface area contributed by atoms with Crippen LogP contribution in [-0.2, 0) is 17.8 Å². The number of nitrogens with one attached hydrogen (secondary N) is 2. The zero-order chi connectivity index (χ0) is 19.1. The van der Waals surface area contributed by atoms with E-state index in [1.165, 1.54) is 16.2 Å². The van der Waals surface area contributed by atoms with Crippen molar-refractivity contribution in [3.8, 4) is 0 Å². The number of pyridine rings is 1. The number of thiophene rings is 1. The van der Waals surface area contributed by atoms with Crippen LogP contribution < -0.4 is 10.6 Å². The molecule has 2 N–H and O–H groups in total. The first kappa shape index (κ1) is 17.5. The van der Waals surface area contributed by atoms with Gasteiger partial charge in [-0.2, -0.15) is 0 Å². The Balaban J connectivity index is 1.65. The lowest BCUT2D eigenvalue weighted by atomic mass is 10.0. The number of amides is 3. The van der Waals surface area contributed by atoms with E-state index in [2.05, 4.69) is 15.6 Å². The largest absolute Gasteiger partial charge is 0.372 e. The van der Waals surface area contributed by atoms with Crippen molar-refractivity contribution in [2.24, 2.45) is 0 Å². The number of fused-ring (bicyclic) bond motifs is 3. The summed E-state index contributed by atoms with van der Waals surface area (Å²) in [5.41, 5.74) is 2.04. The van der Waals surface area contributed by atoms with Crippen molar-refractivity contribution in [1.29, 1.82) is 0 Å². The molecule has 2 aliphatic heterocycles. The smallest absolute Gasteiger partial charge is 0.257 e. The van der Waals surface area contributed by atoms with Gasteiger partial charge in [0.2, 0.25) is 5.91 Å². The van der Waals surface area contributed by atoms with Gasteiger partial charge in [0.1, 0.15) is 10.8 Å². The average Bonchev–Trinajstić information content (AvgIpc) is 2.98. The highest BCUT2D eigenvalue weighted by atomic mass is 32.1. The van der Waals surface area contributed by atoms with Gasteiger partial charge in [-0.25, -0.2) is 4.98 Å². The molecule has 0 spiro atoms. The van der Waals surface area contributed by atoms with E-state index < -0.39 is 0 Å². The van der Waals surface area contributed by atoms with Crippen molar-refractivity contribution in [2.45, 2.75) is 13.0 Å². The van der Waals surface area contributed by atoms with Crippen molar-refractivity contribution in [2.75, 3.05) is 37.8 Å². The standard InChI is InChI=1S/C18H19N5O3S/c1-19-15-11(4-3-6-20-15)17(25)23-7-5-10-12(8-23)27-16-14(10)18(26)22(2)9-13(24)21-16/h3-4,6H,5,7-9H2,1-2H3,(H,19,20)(H,21,24). The first-order valence-electron chi connectivity index (χ1n) is 8.61. The number of nitrogens with zero attached hydrogens (tertiary/aromatic N) is 3. The van der Waals surface area contributed by atoms with Crippen molar-refractivity contribution in [1.82, 2.24) is 14.8 Å². The number of aromatic nitrogens is 1. The van der Waals surface area contributed by atoms with Gasteiger partial charge in [0.25, 0.3) is 11.8 Å². The summed E-state index contributed by atoms with van der Waals surface area (Å²) in [4.78, 5) is 45.9. The van der Waals surface area contributed by atoms with Crippen LogP contribution in [0.1, 0.15) is 31.2 Å². The molecule has 0 atom stereocenters. The minimum absolute atomic E-state index is 0.0490. The number of likely N-dealkylation sites (N-methyl/N-ethyl adjacent to an activating group) is 1. The summed E-state index contributed by atoms with van der Waals surface area (Å²) < 4.78 is 0. The maximum atomic E-state index is 13.0. The third kappa shape index (κ3) is 2.93. The molecule has 0 fully saturated rings. The van der Waals surface area contributed by atoms with E-state index in [0.717, 1.165) is 10.4 Å². The lowest BCUT2D eigenvalue weighted by Gasteiger charge is -2.28. The second-order valence-electron chi connectivity index (χ2n) is 6.54. The molecular weight excluding hydrogens is 366 g/mol. The van der Waals surface area contributed by atoms with E-state index in [1.54, 1.807) is 37.3 Å². The summed E-state index contributed by atoms with van der Waals surface area (Å²) in [5.74, 6) is 0.0870. The quantitative estimate of drug-likeness (QED) is 0.815. The number of hydrogen-bond donors (Lipinski definition) is 2. The Hall–Kier alpha value is -2.94. The number of rotatable bonds is 2. The molecular formula is C18H19N5O3S. The molecule has 4 rings (SSSR count). The normalized spacial score (nSPS) is 16.4. The monoisotopic (exact) mass is 385 g/mol. The number of carbonyl (C=O) groups excluding carboxylic acids is 3. The highest BCUT2D eigenvalue weighted by Gasteiger charge is 2.34. The Labute approximate surface area is 160 Å². The fourth-order valence-electron chi connectivity index (χ4n) is 3.48. The van der Waals surface area contributed by atoms with Crippen LogP contribution in [0.2, 0.25) is 0 Å². The van der Waals surface area contributed by atoms with Crippen LogP contribution in [0.3, 0.4) is 0 Å². The van der Waals surface area contributed by atoms with Gasteiger partial charge < -0.3 is 20.4 Å². The van der Waals surface area contributed by atoms with Gasteiger partial charge in [0.05, 0.1) is 24.2 Å². The fraction of sp³-hybridized carbons (Fsp3) is 0.333. The minimum atomic E-state index is -0.204. The van der Waals surface area contributed by atoms with Gasteiger partial charge >= 0.3 is 0 Å². The molecule has 0 saturated heterocycles. The molecule has 2 aromatic rings. The van der Waals surface area contributed by atoms with Crippen molar-refractivity contribution >= 4 is 39.9 Å². The Kier molecular flexibility index (Phi) is 4.31. The van der Waals surface area contributed by atoms with Gasteiger partial charge in [-0.3, -0.25) is 14.4 Å². The number of anilines is 2. The molecule has 140 valence electrons. The summed E-state index contributed by atoms with van der Waals surface area (Å²) in [6.07, 6.45) is 2.22. The van der Waals surface area contributed by atoms with Crippen LogP contribution in [0.4, 0.5) is 10.8 Å². The van der Waals surface area contributed by atoms with Crippen LogP contribution in [0.5, 0.6) is 0 Å². The van der Waals surface area contributed by atoms with E-state index in [4.69, 9.17) is 0 Å². The Morgan fingerprint density at radius 2 is 2.15 bits per heavy atom. The Morgan fingerprint density at radius 3 is 2.93 bits per heavy atom.